The molecule has 2 rings (SSSR count). The van der Waals surface area contributed by atoms with Gasteiger partial charge >= 0.3 is 0 Å². The monoisotopic (exact) mass is 298 g/mol. The molecule has 0 aliphatic heterocycles. The van der Waals surface area contributed by atoms with Crippen LogP contribution in [0.5, 0.6) is 0 Å². The van der Waals surface area contributed by atoms with E-state index in [1.807, 2.05) is 0 Å². The van der Waals surface area contributed by atoms with Gasteiger partial charge in [0.1, 0.15) is 5.52 Å². The van der Waals surface area contributed by atoms with Gasteiger partial charge in [-0.25, -0.2) is 18.5 Å². The zero-order valence-corrected chi connectivity index (χ0v) is 12.1. The fourth-order valence-electron chi connectivity index (χ4n) is 2.01. The van der Waals surface area contributed by atoms with Crippen molar-refractivity contribution in [1.82, 2.24) is 19.5 Å². The summed E-state index contributed by atoms with van der Waals surface area (Å²) in [5, 5.41) is 4.79. The molecule has 0 bridgehead atoms. The Labute approximate surface area is 117 Å². The maximum absolute atomic E-state index is 11.5. The van der Waals surface area contributed by atoms with Gasteiger partial charge in [0.15, 0.2) is 5.65 Å². The fourth-order valence-corrected chi connectivity index (χ4v) is 2.64. The van der Waals surface area contributed by atoms with Crippen molar-refractivity contribution >= 4 is 27.1 Å². The summed E-state index contributed by atoms with van der Waals surface area (Å²) < 4.78 is 24.8. The molecule has 0 saturated carbocycles. The molecule has 2 aromatic heterocycles. The molecule has 0 amide bonds. The number of aromatic nitrogens is 4. The first-order valence-corrected chi connectivity index (χ1v) is 7.99. The topological polar surface area (TPSA) is 130 Å². The lowest BCUT2D eigenvalue weighted by Crippen LogP contribution is -2.16. The summed E-state index contributed by atoms with van der Waals surface area (Å²) in [5.74, 6) is -0.128. The first-order chi connectivity index (χ1) is 9.43. The fraction of sp³-hybridized carbons (Fsp3) is 0.545. The number of nitrogens with two attached hydrogens (primary N) is 2. The second kappa shape index (κ2) is 5.71. The predicted molar refractivity (Wildman–Crippen MR) is 75.3 cm³/mol. The van der Waals surface area contributed by atoms with Crippen LogP contribution in [0.15, 0.2) is 11.4 Å². The lowest BCUT2D eigenvalue weighted by Gasteiger charge is -2.04. The summed E-state index contributed by atoms with van der Waals surface area (Å²) in [6.07, 6.45) is 5.91. The third-order valence-electron chi connectivity index (χ3n) is 2.97. The quantitative estimate of drug-likeness (QED) is 0.594. The molecule has 110 valence electrons. The minimum atomic E-state index is -3.97. The average molecular weight is 298 g/mol. The molecule has 8 nitrogen and oxygen atoms in total. The number of aryl methyl sites for hydroxylation is 1. The zero-order valence-electron chi connectivity index (χ0n) is 11.3. The van der Waals surface area contributed by atoms with Crippen molar-refractivity contribution < 1.29 is 8.42 Å². The summed E-state index contributed by atoms with van der Waals surface area (Å²) in [5.41, 5.74) is 6.11. The smallest absolute Gasteiger partial charge is 0.258 e. The highest BCUT2D eigenvalue weighted by atomic mass is 32.2. The molecule has 0 aliphatic rings. The van der Waals surface area contributed by atoms with Crippen LogP contribution in [0, 0.1) is 0 Å². The van der Waals surface area contributed by atoms with Gasteiger partial charge in [0.05, 0.1) is 6.33 Å². The Kier molecular flexibility index (Phi) is 4.19. The van der Waals surface area contributed by atoms with Crippen LogP contribution in [0.1, 0.15) is 32.6 Å². The number of hydrogen-bond acceptors (Lipinski definition) is 6. The molecule has 0 atom stereocenters. The Bertz CT molecular complexity index is 709. The summed E-state index contributed by atoms with van der Waals surface area (Å²) in [4.78, 5) is 11.8. The number of hydrogen-bond donors (Lipinski definition) is 2. The number of rotatable bonds is 6. The Balaban J connectivity index is 2.38. The lowest BCUT2D eigenvalue weighted by atomic mass is 10.2. The molecule has 9 heteroatoms. The number of sulfonamides is 1. The van der Waals surface area contributed by atoms with E-state index in [2.05, 4.69) is 21.9 Å². The van der Waals surface area contributed by atoms with Gasteiger partial charge in [-0.1, -0.05) is 26.2 Å². The molecule has 0 unspecified atom stereocenters. The van der Waals surface area contributed by atoms with Crippen molar-refractivity contribution in [3.05, 3.63) is 6.33 Å². The van der Waals surface area contributed by atoms with Gasteiger partial charge in [-0.05, 0) is 6.42 Å². The first kappa shape index (κ1) is 14.7. The van der Waals surface area contributed by atoms with Crippen molar-refractivity contribution in [2.24, 2.45) is 5.14 Å². The van der Waals surface area contributed by atoms with E-state index >= 15 is 0 Å². The van der Waals surface area contributed by atoms with E-state index in [0.717, 1.165) is 25.7 Å². The zero-order chi connectivity index (χ0) is 14.8. The van der Waals surface area contributed by atoms with Crippen LogP contribution in [0.3, 0.4) is 0 Å². The van der Waals surface area contributed by atoms with Gasteiger partial charge < -0.3 is 10.3 Å². The Morgan fingerprint density at radius 3 is 2.65 bits per heavy atom. The highest BCUT2D eigenvalue weighted by Crippen LogP contribution is 2.19. The molecule has 20 heavy (non-hydrogen) atoms. The highest BCUT2D eigenvalue weighted by molar-refractivity contribution is 7.89. The lowest BCUT2D eigenvalue weighted by molar-refractivity contribution is 0.588. The molecule has 0 saturated heterocycles. The predicted octanol–water partition coefficient (Wildman–Crippen LogP) is 0.636. The number of imidazole rings is 1. The van der Waals surface area contributed by atoms with Crippen LogP contribution >= 0.6 is 0 Å². The van der Waals surface area contributed by atoms with Crippen LogP contribution in [0.2, 0.25) is 0 Å². The van der Waals surface area contributed by atoms with E-state index in [1.54, 1.807) is 10.9 Å². The Hall–Kier alpha value is -1.74. The van der Waals surface area contributed by atoms with Gasteiger partial charge in [-0.15, -0.1) is 0 Å². The van der Waals surface area contributed by atoms with E-state index in [-0.39, 0.29) is 16.5 Å². The summed E-state index contributed by atoms with van der Waals surface area (Å²) in [6.45, 7) is 2.84. The molecule has 0 spiro atoms. The molecule has 0 fully saturated rings. The molecule has 4 N–H and O–H groups in total. The highest BCUT2D eigenvalue weighted by Gasteiger charge is 2.20. The maximum atomic E-state index is 11.5. The normalized spacial score (nSPS) is 12.1. The van der Waals surface area contributed by atoms with Crippen LogP contribution in [-0.4, -0.2) is 27.9 Å². The summed E-state index contributed by atoms with van der Waals surface area (Å²) in [7, 11) is -3.97. The molecule has 2 aromatic rings. The Morgan fingerprint density at radius 2 is 2.00 bits per heavy atom. The number of primary sulfonamides is 1. The van der Waals surface area contributed by atoms with Crippen molar-refractivity contribution in [3.8, 4) is 0 Å². The minimum Gasteiger partial charge on any atom is -0.368 e. The minimum absolute atomic E-state index is 0.128. The number of unbranched alkanes of at least 4 members (excludes halogenated alkanes) is 3. The van der Waals surface area contributed by atoms with Crippen LogP contribution in [0.25, 0.3) is 11.2 Å². The van der Waals surface area contributed by atoms with E-state index in [4.69, 9.17) is 10.9 Å². The first-order valence-electron chi connectivity index (χ1n) is 6.44. The van der Waals surface area contributed by atoms with Crippen molar-refractivity contribution in [3.63, 3.8) is 0 Å². The van der Waals surface area contributed by atoms with Crippen molar-refractivity contribution in [2.45, 2.75) is 44.2 Å². The molecule has 2 heterocycles. The van der Waals surface area contributed by atoms with Crippen molar-refractivity contribution in [2.75, 3.05) is 5.73 Å². The molecule has 0 radical (unpaired) electrons. The SMILES string of the molecule is CCCCCCn1cnc2c(S(N)(=O)=O)nc(N)nc21. The van der Waals surface area contributed by atoms with E-state index in [9.17, 15) is 8.42 Å². The van der Waals surface area contributed by atoms with Gasteiger partial charge in [0, 0.05) is 6.54 Å². The number of fused-ring (bicyclic) bond motifs is 1. The second-order valence-electron chi connectivity index (χ2n) is 4.60. The van der Waals surface area contributed by atoms with Crippen molar-refractivity contribution in [1.29, 1.82) is 0 Å². The molecule has 0 aromatic carbocycles. The van der Waals surface area contributed by atoms with Gasteiger partial charge in [0.25, 0.3) is 10.0 Å². The molecular weight excluding hydrogens is 280 g/mol. The second-order valence-corrected chi connectivity index (χ2v) is 6.08. The third kappa shape index (κ3) is 3.05. The third-order valence-corrected chi connectivity index (χ3v) is 3.79. The molecular formula is C11H18N6O2S. The van der Waals surface area contributed by atoms with Crippen LogP contribution in [-0.2, 0) is 16.6 Å². The number of anilines is 1. The van der Waals surface area contributed by atoms with Crippen LogP contribution in [0.4, 0.5) is 5.95 Å². The molecule has 0 aliphatic carbocycles. The van der Waals surface area contributed by atoms with Gasteiger partial charge in [-0.2, -0.15) is 9.97 Å². The summed E-state index contributed by atoms with van der Waals surface area (Å²) in [6, 6.07) is 0. The standard InChI is InChI=1S/C11H18N6O2S/c1-2-3-4-5-6-17-7-14-8-9(17)15-11(12)16-10(8)20(13,18)19/h7H,2-6H2,1H3,(H2,12,15,16)(H2,13,18,19). The maximum Gasteiger partial charge on any atom is 0.258 e. The summed E-state index contributed by atoms with van der Waals surface area (Å²) >= 11 is 0. The van der Waals surface area contributed by atoms with E-state index in [0.29, 0.717) is 12.2 Å². The number of nitrogen functional groups attached to an aromatic ring is 1. The van der Waals surface area contributed by atoms with E-state index < -0.39 is 10.0 Å². The van der Waals surface area contributed by atoms with E-state index in [1.165, 1.54) is 0 Å². The average Bonchev–Trinajstić information content (AvgIpc) is 2.75. The number of nitrogens with zero attached hydrogens (tertiary/aromatic N) is 4. The van der Waals surface area contributed by atoms with Crippen LogP contribution < -0.4 is 10.9 Å². The van der Waals surface area contributed by atoms with Gasteiger partial charge in [-0.3, -0.25) is 0 Å². The largest absolute Gasteiger partial charge is 0.368 e. The Morgan fingerprint density at radius 1 is 1.25 bits per heavy atom. The van der Waals surface area contributed by atoms with Gasteiger partial charge in [0.2, 0.25) is 11.0 Å².